The summed E-state index contributed by atoms with van der Waals surface area (Å²) in [6, 6.07) is 5.72. The lowest BCUT2D eigenvalue weighted by Gasteiger charge is -2.13. The molecule has 1 fully saturated rings. The predicted octanol–water partition coefficient (Wildman–Crippen LogP) is 2.82. The summed E-state index contributed by atoms with van der Waals surface area (Å²) >= 11 is 0. The van der Waals surface area contributed by atoms with Crippen molar-refractivity contribution in [2.24, 2.45) is 0 Å². The molecule has 1 atom stereocenters. The second kappa shape index (κ2) is 6.42. The molecule has 140 valence electrons. The molecule has 2 heterocycles. The Balaban J connectivity index is 1.83. The van der Waals surface area contributed by atoms with Crippen LogP contribution in [0.25, 0.3) is 0 Å². The average molecular weight is 387 g/mol. The summed E-state index contributed by atoms with van der Waals surface area (Å²) in [6.45, 7) is 1.67. The minimum atomic E-state index is -4.60. The number of aryl methyl sites for hydroxylation is 1. The largest absolute Gasteiger partial charge is 0.418 e. The number of alkyl halides is 3. The first-order chi connectivity index (χ1) is 12.1. The summed E-state index contributed by atoms with van der Waals surface area (Å²) in [5.74, 6) is -0.797. The first-order valence-electron chi connectivity index (χ1n) is 7.81. The van der Waals surface area contributed by atoms with Crippen LogP contribution >= 0.6 is 0 Å². The van der Waals surface area contributed by atoms with E-state index in [1.54, 1.807) is 6.92 Å². The fourth-order valence-electron chi connectivity index (χ4n) is 2.96. The number of amides is 1. The number of sulfone groups is 1. The number of nitrogens with one attached hydrogen (secondary N) is 1. The number of carbonyl (C=O) groups excluding carboxylic acids is 1. The molecule has 0 radical (unpaired) electrons. The van der Waals surface area contributed by atoms with Crippen molar-refractivity contribution < 1.29 is 26.4 Å². The van der Waals surface area contributed by atoms with Gasteiger partial charge >= 0.3 is 6.18 Å². The van der Waals surface area contributed by atoms with Crippen LogP contribution in [0.2, 0.25) is 0 Å². The molecule has 1 aliphatic heterocycles. The van der Waals surface area contributed by atoms with E-state index in [0.29, 0.717) is 12.1 Å². The van der Waals surface area contributed by atoms with Gasteiger partial charge in [0.1, 0.15) is 0 Å². The third kappa shape index (κ3) is 3.74. The van der Waals surface area contributed by atoms with Gasteiger partial charge in [-0.3, -0.25) is 9.48 Å². The summed E-state index contributed by atoms with van der Waals surface area (Å²) in [6.07, 6.45) is -4.21. The highest BCUT2D eigenvalue weighted by Gasteiger charge is 2.34. The molecule has 1 amide bonds. The number of hydrogen-bond acceptors (Lipinski definition) is 4. The molecule has 0 aliphatic carbocycles. The van der Waals surface area contributed by atoms with Crippen molar-refractivity contribution in [2.45, 2.75) is 25.6 Å². The van der Waals surface area contributed by atoms with Gasteiger partial charge in [0.05, 0.1) is 28.8 Å². The molecular weight excluding hydrogens is 371 g/mol. The van der Waals surface area contributed by atoms with Crippen molar-refractivity contribution in [3.63, 3.8) is 0 Å². The van der Waals surface area contributed by atoms with Crippen molar-refractivity contribution in [1.29, 1.82) is 0 Å². The van der Waals surface area contributed by atoms with Crippen LogP contribution in [0.15, 0.2) is 30.3 Å². The number of nitrogens with zero attached hydrogens (tertiary/aromatic N) is 2. The van der Waals surface area contributed by atoms with Crippen molar-refractivity contribution in [1.82, 2.24) is 9.78 Å². The molecule has 2 aromatic rings. The number of anilines is 1. The fraction of sp³-hybridized carbons (Fsp3) is 0.375. The van der Waals surface area contributed by atoms with Crippen molar-refractivity contribution in [2.75, 3.05) is 16.8 Å². The van der Waals surface area contributed by atoms with Gasteiger partial charge in [0.2, 0.25) is 0 Å². The van der Waals surface area contributed by atoms with Gasteiger partial charge in [-0.1, -0.05) is 12.1 Å². The molecule has 3 rings (SSSR count). The van der Waals surface area contributed by atoms with Crippen LogP contribution in [0.3, 0.4) is 0 Å². The maximum absolute atomic E-state index is 13.0. The second-order valence-electron chi connectivity index (χ2n) is 6.17. The molecule has 1 aliphatic rings. The highest BCUT2D eigenvalue weighted by molar-refractivity contribution is 7.91. The van der Waals surface area contributed by atoms with Crippen molar-refractivity contribution in [3.8, 4) is 0 Å². The van der Waals surface area contributed by atoms with E-state index in [2.05, 4.69) is 10.4 Å². The molecule has 10 heteroatoms. The number of benzene rings is 1. The van der Waals surface area contributed by atoms with Gasteiger partial charge in [-0.25, -0.2) is 8.42 Å². The third-order valence-electron chi connectivity index (χ3n) is 4.19. The first kappa shape index (κ1) is 18.4. The zero-order valence-electron chi connectivity index (χ0n) is 13.7. The van der Waals surface area contributed by atoms with Crippen LogP contribution in [-0.2, 0) is 16.0 Å². The van der Waals surface area contributed by atoms with E-state index in [1.807, 2.05) is 0 Å². The lowest BCUT2D eigenvalue weighted by molar-refractivity contribution is -0.136. The third-order valence-corrected chi connectivity index (χ3v) is 5.94. The fourth-order valence-corrected chi connectivity index (χ4v) is 4.65. The lowest BCUT2D eigenvalue weighted by Crippen LogP contribution is -2.18. The van der Waals surface area contributed by atoms with Crippen LogP contribution in [-0.4, -0.2) is 35.6 Å². The molecule has 1 N–H and O–H groups in total. The van der Waals surface area contributed by atoms with Gasteiger partial charge in [-0.15, -0.1) is 0 Å². The molecule has 0 saturated carbocycles. The first-order valence-corrected chi connectivity index (χ1v) is 9.63. The quantitative estimate of drug-likeness (QED) is 0.878. The number of hydrogen-bond donors (Lipinski definition) is 1. The van der Waals surface area contributed by atoms with Crippen molar-refractivity contribution >= 4 is 21.4 Å². The topological polar surface area (TPSA) is 81.1 Å². The zero-order valence-corrected chi connectivity index (χ0v) is 14.6. The Labute approximate surface area is 147 Å². The Morgan fingerprint density at radius 1 is 1.31 bits per heavy atom. The Morgan fingerprint density at radius 2 is 2.00 bits per heavy atom. The molecular formula is C16H16F3N3O3S. The summed E-state index contributed by atoms with van der Waals surface area (Å²) in [4.78, 5) is 12.3. The Bertz CT molecular complexity index is 951. The molecule has 6 nitrogen and oxygen atoms in total. The van der Waals surface area contributed by atoms with Crippen LogP contribution in [0.4, 0.5) is 18.9 Å². The van der Waals surface area contributed by atoms with Crippen LogP contribution in [0, 0.1) is 6.92 Å². The number of carbonyl (C=O) groups is 1. The lowest BCUT2D eigenvalue weighted by atomic mass is 10.1. The second-order valence-corrected chi connectivity index (χ2v) is 8.40. The number of aromatic nitrogens is 2. The molecule has 0 bridgehead atoms. The Morgan fingerprint density at radius 3 is 2.62 bits per heavy atom. The molecule has 1 saturated heterocycles. The SMILES string of the molecule is Cc1cc(C(=O)Nc2ccccc2C(F)(F)F)nn1C1CCS(=O)(=O)C1. The summed E-state index contributed by atoms with van der Waals surface area (Å²) in [7, 11) is -3.13. The Kier molecular flexibility index (Phi) is 4.55. The van der Waals surface area contributed by atoms with E-state index in [-0.39, 0.29) is 28.9 Å². The van der Waals surface area contributed by atoms with E-state index < -0.39 is 27.5 Å². The predicted molar refractivity (Wildman–Crippen MR) is 88.7 cm³/mol. The van der Waals surface area contributed by atoms with Gasteiger partial charge < -0.3 is 5.32 Å². The molecule has 0 spiro atoms. The maximum Gasteiger partial charge on any atom is 0.418 e. The van der Waals surface area contributed by atoms with Crippen LogP contribution in [0.1, 0.15) is 34.2 Å². The van der Waals surface area contributed by atoms with E-state index in [4.69, 9.17) is 0 Å². The van der Waals surface area contributed by atoms with E-state index in [1.165, 1.54) is 22.9 Å². The minimum absolute atomic E-state index is 0.0530. The minimum Gasteiger partial charge on any atom is -0.320 e. The summed E-state index contributed by atoms with van der Waals surface area (Å²) < 4.78 is 63.7. The molecule has 1 aromatic carbocycles. The number of para-hydroxylation sites is 1. The highest BCUT2D eigenvalue weighted by atomic mass is 32.2. The summed E-state index contributed by atoms with van der Waals surface area (Å²) in [5.41, 5.74) is -0.808. The van der Waals surface area contributed by atoms with Gasteiger partial charge in [-0.05, 0) is 31.5 Å². The highest BCUT2D eigenvalue weighted by Crippen LogP contribution is 2.34. The zero-order chi connectivity index (χ0) is 19.1. The van der Waals surface area contributed by atoms with Gasteiger partial charge in [0, 0.05) is 5.69 Å². The van der Waals surface area contributed by atoms with E-state index in [0.717, 1.165) is 12.1 Å². The van der Waals surface area contributed by atoms with Crippen LogP contribution in [0.5, 0.6) is 0 Å². The average Bonchev–Trinajstić information content (AvgIpc) is 3.09. The Hall–Kier alpha value is -2.36. The molecule has 1 aromatic heterocycles. The van der Waals surface area contributed by atoms with E-state index >= 15 is 0 Å². The monoisotopic (exact) mass is 387 g/mol. The van der Waals surface area contributed by atoms with Gasteiger partial charge in [-0.2, -0.15) is 18.3 Å². The smallest absolute Gasteiger partial charge is 0.320 e. The summed E-state index contributed by atoms with van der Waals surface area (Å²) in [5, 5.41) is 6.33. The van der Waals surface area contributed by atoms with Crippen LogP contribution < -0.4 is 5.32 Å². The maximum atomic E-state index is 13.0. The number of halogens is 3. The molecule has 26 heavy (non-hydrogen) atoms. The van der Waals surface area contributed by atoms with Crippen molar-refractivity contribution in [3.05, 3.63) is 47.3 Å². The van der Waals surface area contributed by atoms with Gasteiger partial charge in [0.25, 0.3) is 5.91 Å². The van der Waals surface area contributed by atoms with Gasteiger partial charge in [0.15, 0.2) is 15.5 Å². The standard InChI is InChI=1S/C16H16F3N3O3S/c1-10-8-14(21-22(10)11-6-7-26(24,25)9-11)15(23)20-13-5-3-2-4-12(13)16(17,18)19/h2-5,8,11H,6-7,9H2,1H3,(H,20,23). The number of rotatable bonds is 3. The normalized spacial score (nSPS) is 19.5. The van der Waals surface area contributed by atoms with E-state index in [9.17, 15) is 26.4 Å². The molecule has 1 unspecified atom stereocenters.